The van der Waals surface area contributed by atoms with Gasteiger partial charge in [0.05, 0.1) is 6.04 Å². The fourth-order valence-corrected chi connectivity index (χ4v) is 9.76. The highest BCUT2D eigenvalue weighted by Gasteiger charge is 2.35. The monoisotopic (exact) mass is 1230 g/mol. The number of carbonyl (C=O) groups excluding carboxylic acids is 7. The molecule has 0 bridgehead atoms. The fraction of sp³-hybridized carbons (Fsp3) is 0.345. The van der Waals surface area contributed by atoms with Crippen LogP contribution in [-0.2, 0) is 64.0 Å². The molecule has 0 radical (unpaired) electrons. The molecule has 4 aromatic carbocycles. The molecule has 6 aromatic rings. The molecule has 6 rings (SSSR count). The number of carboxylic acids is 1. The van der Waals surface area contributed by atoms with Gasteiger partial charge in [-0.05, 0) is 84.3 Å². The molecule has 29 heteroatoms. The summed E-state index contributed by atoms with van der Waals surface area (Å²) < 4.78 is 0. The number of nitrogens with one attached hydrogen (secondary N) is 9. The zero-order chi connectivity index (χ0) is 63.2. The molecule has 0 aliphatic heterocycles. The maximum absolute atomic E-state index is 14.7. The average molecular weight is 1240 g/mol. The Morgan fingerprint density at radius 2 is 0.793 bits per heavy atom. The largest absolute Gasteiger partial charge is 0.508 e. The number of aromatic hydroxyl groups is 2. The predicted molar refractivity (Wildman–Crippen MR) is 334 cm³/mol. The summed E-state index contributed by atoms with van der Waals surface area (Å²) >= 11 is 8.55. The normalized spacial score (nSPS) is 13.9. The van der Waals surface area contributed by atoms with E-state index in [1.165, 1.54) is 48.5 Å². The Balaban J connectivity index is 1.27. The van der Waals surface area contributed by atoms with Gasteiger partial charge in [0.1, 0.15) is 53.8 Å². The van der Waals surface area contributed by atoms with Crippen molar-refractivity contribution < 1.29 is 53.7 Å². The molecule has 0 unspecified atom stereocenters. The van der Waals surface area contributed by atoms with Gasteiger partial charge in [-0.2, -0.15) is 25.3 Å². The van der Waals surface area contributed by atoms with Crippen LogP contribution in [0.4, 0.5) is 0 Å². The average Bonchev–Trinajstić information content (AvgIpc) is 3.91. The number of H-pyrrole nitrogens is 2. The van der Waals surface area contributed by atoms with Gasteiger partial charge in [-0.15, -0.1) is 0 Å². The lowest BCUT2D eigenvalue weighted by Gasteiger charge is -2.28. The minimum Gasteiger partial charge on any atom is -0.508 e. The van der Waals surface area contributed by atoms with Crippen LogP contribution in [0.2, 0.25) is 0 Å². The molecule has 464 valence electrons. The predicted octanol–water partition coefficient (Wildman–Crippen LogP) is -0.897. The van der Waals surface area contributed by atoms with Gasteiger partial charge in [-0.3, -0.25) is 43.5 Å². The lowest BCUT2D eigenvalue weighted by atomic mass is 10.0. The van der Waals surface area contributed by atoms with Crippen molar-refractivity contribution in [2.24, 2.45) is 38.7 Å². The Hall–Kier alpha value is -9.48. The number of aliphatic imine (C=N–C) groups is 2. The molecule has 2 heterocycles. The second kappa shape index (κ2) is 32.7. The first-order valence-corrected chi connectivity index (χ1v) is 29.0. The number of aliphatic carboxylic acids is 1. The number of hydrogen-bond donors (Lipinski definition) is 19. The maximum Gasteiger partial charge on any atom is 0.326 e. The zero-order valence-corrected chi connectivity index (χ0v) is 49.1. The number of guanidine groups is 2. The van der Waals surface area contributed by atoms with Crippen LogP contribution in [0.3, 0.4) is 0 Å². The van der Waals surface area contributed by atoms with Crippen LogP contribution in [0.25, 0.3) is 21.8 Å². The van der Waals surface area contributed by atoms with Crippen LogP contribution in [0.1, 0.15) is 47.9 Å². The SMILES string of the molecule is NC(N)=NCCC[C@H](NC(=O)[C@H](Cc1c[nH]c2ccccc12)NC(=O)[C@H](CS)NC(=O)[C@H](Cc1ccc(O)cc1)NC(=O)[C@H](CCCN=C(N)N)NC(=O)[C@H](Cc1c[nH]c2ccccc12)NC(=O)[C@@H](N)CS)C(=O)N[C@@H](Cc1ccc(O)cc1)C(=O)O. The maximum atomic E-state index is 14.7. The Morgan fingerprint density at radius 1 is 0.448 bits per heavy atom. The third kappa shape index (κ3) is 20.3. The summed E-state index contributed by atoms with van der Waals surface area (Å²) in [4.78, 5) is 127. The van der Waals surface area contributed by atoms with Gasteiger partial charge in [0.15, 0.2) is 11.9 Å². The van der Waals surface area contributed by atoms with E-state index in [2.05, 4.69) is 82.4 Å². The lowest BCUT2D eigenvalue weighted by molar-refractivity contribution is -0.142. The Morgan fingerprint density at radius 3 is 1.20 bits per heavy atom. The smallest absolute Gasteiger partial charge is 0.326 e. The van der Waals surface area contributed by atoms with Crippen molar-refractivity contribution in [3.05, 3.63) is 132 Å². The molecule has 0 saturated carbocycles. The molecule has 22 N–H and O–H groups in total. The third-order valence-electron chi connectivity index (χ3n) is 14.0. The fourth-order valence-electron chi connectivity index (χ4n) is 9.34. The van der Waals surface area contributed by atoms with E-state index in [9.17, 15) is 53.7 Å². The van der Waals surface area contributed by atoms with Crippen LogP contribution in [-0.4, -0.2) is 157 Å². The summed E-state index contributed by atoms with van der Waals surface area (Å²) in [5.41, 5.74) is 31.9. The quantitative estimate of drug-likeness (QED) is 0.0103. The van der Waals surface area contributed by atoms with E-state index in [1.807, 2.05) is 24.3 Å². The van der Waals surface area contributed by atoms with E-state index in [1.54, 1.807) is 36.7 Å². The van der Waals surface area contributed by atoms with E-state index < -0.39 is 95.7 Å². The summed E-state index contributed by atoms with van der Waals surface area (Å²) in [6.45, 7) is 0.0586. The summed E-state index contributed by atoms with van der Waals surface area (Å²) in [5, 5.41) is 50.2. The molecule has 0 fully saturated rings. The minimum atomic E-state index is -1.51. The van der Waals surface area contributed by atoms with Crippen molar-refractivity contribution >= 4 is 106 Å². The molecule has 2 aromatic heterocycles. The summed E-state index contributed by atoms with van der Waals surface area (Å²) in [7, 11) is 0. The molecule has 0 aliphatic carbocycles. The van der Waals surface area contributed by atoms with Crippen LogP contribution in [0.5, 0.6) is 11.5 Å². The number of carboxylic acid groups (broad SMARTS) is 1. The first kappa shape index (κ1) is 66.7. The first-order valence-electron chi connectivity index (χ1n) is 27.7. The number of rotatable bonds is 33. The van der Waals surface area contributed by atoms with Crippen molar-refractivity contribution in [3.8, 4) is 11.5 Å². The van der Waals surface area contributed by atoms with Crippen LogP contribution in [0.15, 0.2) is 119 Å². The molecule has 7 amide bonds. The molecule has 0 spiro atoms. The highest BCUT2D eigenvalue weighted by atomic mass is 32.1. The van der Waals surface area contributed by atoms with Crippen LogP contribution in [0, 0.1) is 0 Å². The standard InChI is InChI=1S/C58H74N16O11S2/c59-39(29-86)49(77)70-45(25-33-27-66-40-9-3-1-7-37(33)40)53(81)68-42(11-5-21-64-57(60)61)50(78)71-44(23-31-13-17-35(75)18-14-31)52(80)74-48(30-87)55(83)72-46(26-34-28-67-41-10-4-2-8-38(34)41)54(82)69-43(12-6-22-65-58(62)63)51(79)73-47(56(84)85)24-32-15-19-36(76)20-16-32/h1-4,7-10,13-20,27-28,39,42-48,66-67,75-76,86-87H,5-6,11-12,21-26,29-30,59H2,(H,68,81)(H,69,82)(H,70,77)(H,71,78)(H,72,83)(H,73,79)(H,74,80)(H,84,85)(H4,60,61,64)(H4,62,63,65)/t39-,42-,43-,44-,45-,46-,47-,48-/m0/s1. The van der Waals surface area contributed by atoms with Gasteiger partial charge in [-0.1, -0.05) is 60.7 Å². The van der Waals surface area contributed by atoms with Crippen molar-refractivity contribution in [1.82, 2.24) is 47.2 Å². The second-order valence-electron chi connectivity index (χ2n) is 20.5. The molecule has 8 atom stereocenters. The number of nitrogens with two attached hydrogens (primary N) is 5. The van der Waals surface area contributed by atoms with Gasteiger partial charge < -0.3 is 91.2 Å². The number of fused-ring (bicyclic) bond motifs is 2. The van der Waals surface area contributed by atoms with Gasteiger partial charge in [0.2, 0.25) is 41.4 Å². The Labute approximate surface area is 511 Å². The third-order valence-corrected chi connectivity index (χ3v) is 14.7. The van der Waals surface area contributed by atoms with Crippen molar-refractivity contribution in [3.63, 3.8) is 0 Å². The zero-order valence-electron chi connectivity index (χ0n) is 47.3. The second-order valence-corrected chi connectivity index (χ2v) is 21.2. The van der Waals surface area contributed by atoms with Gasteiger partial charge >= 0.3 is 5.97 Å². The molecule has 0 aliphatic rings. The molecule has 87 heavy (non-hydrogen) atoms. The number of amides is 7. The van der Waals surface area contributed by atoms with E-state index in [0.717, 1.165) is 10.9 Å². The number of phenols is 2. The number of thiol groups is 2. The number of nitrogens with zero attached hydrogens (tertiary/aromatic N) is 2. The van der Waals surface area contributed by atoms with Gasteiger partial charge in [0, 0.05) is 84.5 Å². The van der Waals surface area contributed by atoms with E-state index in [0.29, 0.717) is 33.2 Å². The number of carbonyl (C=O) groups is 8. The van der Waals surface area contributed by atoms with Crippen LogP contribution >= 0.6 is 25.3 Å². The number of phenolic OH excluding ortho intramolecular Hbond substituents is 2. The number of aromatic amines is 2. The van der Waals surface area contributed by atoms with E-state index in [4.69, 9.17) is 28.7 Å². The van der Waals surface area contributed by atoms with E-state index in [-0.39, 0.29) is 99.4 Å². The topological polar surface area (TPSA) is 468 Å². The number of para-hydroxylation sites is 2. The lowest BCUT2D eigenvalue weighted by Crippen LogP contribution is -2.61. The van der Waals surface area contributed by atoms with Crippen molar-refractivity contribution in [1.29, 1.82) is 0 Å². The van der Waals surface area contributed by atoms with Gasteiger partial charge in [-0.25, -0.2) is 4.79 Å². The summed E-state index contributed by atoms with van der Waals surface area (Å²) in [6, 6.07) is 14.8. The molecule has 0 saturated heterocycles. The molecular formula is C58H74N16O11S2. The van der Waals surface area contributed by atoms with E-state index >= 15 is 0 Å². The highest BCUT2D eigenvalue weighted by molar-refractivity contribution is 7.80. The van der Waals surface area contributed by atoms with Crippen molar-refractivity contribution in [2.75, 3.05) is 24.6 Å². The van der Waals surface area contributed by atoms with Crippen LogP contribution < -0.4 is 65.9 Å². The minimum absolute atomic E-state index is 0.0266. The highest BCUT2D eigenvalue weighted by Crippen LogP contribution is 2.22. The molecule has 27 nitrogen and oxygen atoms in total. The first-order chi connectivity index (χ1) is 41.6. The number of hydrogen-bond acceptors (Lipinski definition) is 15. The summed E-state index contributed by atoms with van der Waals surface area (Å²) in [6.07, 6.45) is 2.76. The Kier molecular flexibility index (Phi) is 25.1. The summed E-state index contributed by atoms with van der Waals surface area (Å²) in [5.74, 6) is -8.36. The molecular weight excluding hydrogens is 1160 g/mol. The van der Waals surface area contributed by atoms with Crippen molar-refractivity contribution in [2.45, 2.75) is 99.7 Å². The van der Waals surface area contributed by atoms with Gasteiger partial charge in [0.25, 0.3) is 0 Å². The number of benzene rings is 4. The number of aromatic nitrogens is 2. The Bertz CT molecular complexity index is 3410.